The fourth-order valence-electron chi connectivity index (χ4n) is 1.33. The van der Waals surface area contributed by atoms with E-state index in [-0.39, 0.29) is 11.5 Å². The van der Waals surface area contributed by atoms with Gasteiger partial charge in [0.2, 0.25) is 0 Å². The van der Waals surface area contributed by atoms with Crippen LogP contribution in [-0.2, 0) is 22.9 Å². The first-order chi connectivity index (χ1) is 7.57. The van der Waals surface area contributed by atoms with Gasteiger partial charge in [-0.3, -0.25) is 4.68 Å². The van der Waals surface area contributed by atoms with Crippen molar-refractivity contribution < 1.29 is 8.42 Å². The molecule has 1 aromatic heterocycles. The minimum atomic E-state index is -2.94. The molecular weight excluding hydrogens is 228 g/mol. The van der Waals surface area contributed by atoms with E-state index in [2.05, 4.69) is 15.4 Å². The second kappa shape index (κ2) is 5.95. The lowest BCUT2D eigenvalue weighted by atomic mass is 10.6. The summed E-state index contributed by atoms with van der Waals surface area (Å²) in [7, 11) is -1.13. The van der Waals surface area contributed by atoms with E-state index in [0.717, 1.165) is 0 Å². The van der Waals surface area contributed by atoms with Gasteiger partial charge in [0.05, 0.1) is 18.8 Å². The Bertz CT molecular complexity index is 413. The number of hydrogen-bond donors (Lipinski definition) is 1. The summed E-state index contributed by atoms with van der Waals surface area (Å²) < 4.78 is 24.5. The lowest BCUT2D eigenvalue weighted by Crippen LogP contribution is -2.16. The predicted molar refractivity (Wildman–Crippen MR) is 61.7 cm³/mol. The molecule has 0 spiro atoms. The van der Waals surface area contributed by atoms with Gasteiger partial charge in [0.1, 0.15) is 6.33 Å². The van der Waals surface area contributed by atoms with E-state index in [1.165, 1.54) is 0 Å². The zero-order chi connectivity index (χ0) is 12.0. The Morgan fingerprint density at radius 2 is 2.19 bits per heavy atom. The van der Waals surface area contributed by atoms with E-state index < -0.39 is 9.84 Å². The highest BCUT2D eigenvalue weighted by Crippen LogP contribution is 1.96. The fourth-order valence-corrected chi connectivity index (χ4v) is 2.62. The van der Waals surface area contributed by atoms with Gasteiger partial charge < -0.3 is 5.32 Å². The Morgan fingerprint density at radius 3 is 2.81 bits per heavy atom. The molecule has 92 valence electrons. The van der Waals surface area contributed by atoms with Crippen molar-refractivity contribution in [2.75, 3.05) is 18.6 Å². The fraction of sp³-hybridized carbons (Fsp3) is 0.778. The maximum absolute atomic E-state index is 11.5. The van der Waals surface area contributed by atoms with Gasteiger partial charge in [0, 0.05) is 5.75 Å². The maximum Gasteiger partial charge on any atom is 0.164 e. The van der Waals surface area contributed by atoms with Crippen LogP contribution in [0.3, 0.4) is 0 Å². The molecule has 0 aliphatic rings. The molecule has 0 fully saturated rings. The van der Waals surface area contributed by atoms with Crippen LogP contribution in [0.15, 0.2) is 6.33 Å². The lowest BCUT2D eigenvalue weighted by Gasteiger charge is -2.02. The summed E-state index contributed by atoms with van der Waals surface area (Å²) >= 11 is 0. The summed E-state index contributed by atoms with van der Waals surface area (Å²) in [4.78, 5) is 4.05. The topological polar surface area (TPSA) is 76.9 Å². The highest BCUT2D eigenvalue weighted by molar-refractivity contribution is 7.91. The maximum atomic E-state index is 11.5. The molecule has 0 atom stereocenters. The molecule has 7 heteroatoms. The normalized spacial score (nSPS) is 11.9. The van der Waals surface area contributed by atoms with Gasteiger partial charge in [-0.2, -0.15) is 5.10 Å². The van der Waals surface area contributed by atoms with Crippen molar-refractivity contribution in [1.82, 2.24) is 20.1 Å². The Labute approximate surface area is 96.0 Å². The van der Waals surface area contributed by atoms with E-state index in [1.807, 2.05) is 14.0 Å². The van der Waals surface area contributed by atoms with Crippen molar-refractivity contribution in [3.05, 3.63) is 12.2 Å². The first kappa shape index (κ1) is 13.1. The molecule has 16 heavy (non-hydrogen) atoms. The molecular formula is C9H18N4O2S. The van der Waals surface area contributed by atoms with Crippen molar-refractivity contribution in [2.45, 2.75) is 26.4 Å². The molecule has 1 heterocycles. The second-order valence-corrected chi connectivity index (χ2v) is 5.91. The SMILES string of the molecule is CCCS(=O)(=O)CCn1cnc(CNC)n1. The van der Waals surface area contributed by atoms with Gasteiger partial charge in [0.25, 0.3) is 0 Å². The molecule has 0 amide bonds. The van der Waals surface area contributed by atoms with Crippen LogP contribution in [-0.4, -0.2) is 41.7 Å². The second-order valence-electron chi connectivity index (χ2n) is 3.61. The van der Waals surface area contributed by atoms with Crippen molar-refractivity contribution in [1.29, 1.82) is 0 Å². The summed E-state index contributed by atoms with van der Waals surface area (Å²) in [5, 5.41) is 7.08. The van der Waals surface area contributed by atoms with Crippen LogP contribution in [0.5, 0.6) is 0 Å². The summed E-state index contributed by atoms with van der Waals surface area (Å²) in [5.74, 6) is 1.05. The van der Waals surface area contributed by atoms with E-state index in [9.17, 15) is 8.42 Å². The number of aromatic nitrogens is 3. The van der Waals surface area contributed by atoms with Crippen molar-refractivity contribution in [3.63, 3.8) is 0 Å². The molecule has 0 unspecified atom stereocenters. The van der Waals surface area contributed by atoms with E-state index in [1.54, 1.807) is 11.0 Å². The Balaban J connectivity index is 2.48. The average molecular weight is 246 g/mol. The van der Waals surface area contributed by atoms with Crippen LogP contribution < -0.4 is 5.32 Å². The van der Waals surface area contributed by atoms with Crippen LogP contribution in [0.1, 0.15) is 19.2 Å². The Morgan fingerprint density at radius 1 is 1.44 bits per heavy atom. The molecule has 1 N–H and O–H groups in total. The molecule has 0 saturated heterocycles. The molecule has 0 aromatic carbocycles. The van der Waals surface area contributed by atoms with Gasteiger partial charge >= 0.3 is 0 Å². The number of aryl methyl sites for hydroxylation is 1. The highest BCUT2D eigenvalue weighted by atomic mass is 32.2. The predicted octanol–water partition coefficient (Wildman–Crippen LogP) is -0.178. The molecule has 0 aliphatic carbocycles. The van der Waals surface area contributed by atoms with Crippen molar-refractivity contribution >= 4 is 9.84 Å². The molecule has 0 saturated carbocycles. The summed E-state index contributed by atoms with van der Waals surface area (Å²) in [5.41, 5.74) is 0. The minimum absolute atomic E-state index is 0.128. The van der Waals surface area contributed by atoms with Gasteiger partial charge in [-0.05, 0) is 13.5 Å². The van der Waals surface area contributed by atoms with E-state index in [4.69, 9.17) is 0 Å². The smallest absolute Gasteiger partial charge is 0.164 e. The number of sulfone groups is 1. The molecule has 1 rings (SSSR count). The third-order valence-corrected chi connectivity index (χ3v) is 3.90. The number of hydrogen-bond acceptors (Lipinski definition) is 5. The zero-order valence-corrected chi connectivity index (χ0v) is 10.5. The summed E-state index contributed by atoms with van der Waals surface area (Å²) in [6.07, 6.45) is 2.22. The van der Waals surface area contributed by atoms with Crippen LogP contribution in [0.2, 0.25) is 0 Å². The number of nitrogens with one attached hydrogen (secondary N) is 1. The van der Waals surface area contributed by atoms with Gasteiger partial charge in [-0.15, -0.1) is 0 Å². The standard InChI is InChI=1S/C9H18N4O2S/c1-3-5-16(14,15)6-4-13-8-11-9(12-13)7-10-2/h8,10H,3-7H2,1-2H3. The lowest BCUT2D eigenvalue weighted by molar-refractivity contribution is 0.577. The molecule has 6 nitrogen and oxygen atoms in total. The van der Waals surface area contributed by atoms with Crippen LogP contribution in [0.25, 0.3) is 0 Å². The quantitative estimate of drug-likeness (QED) is 0.722. The van der Waals surface area contributed by atoms with E-state index in [0.29, 0.717) is 25.3 Å². The van der Waals surface area contributed by atoms with Crippen molar-refractivity contribution in [2.24, 2.45) is 0 Å². The number of rotatable bonds is 7. The van der Waals surface area contributed by atoms with Gasteiger partial charge in [-0.25, -0.2) is 13.4 Å². The molecule has 0 bridgehead atoms. The summed E-state index contributed by atoms with van der Waals surface area (Å²) in [6.45, 7) is 2.83. The summed E-state index contributed by atoms with van der Waals surface area (Å²) in [6, 6.07) is 0. The van der Waals surface area contributed by atoms with Crippen molar-refractivity contribution in [3.8, 4) is 0 Å². The Kier molecular flexibility index (Phi) is 4.88. The average Bonchev–Trinajstić information content (AvgIpc) is 2.64. The number of nitrogens with zero attached hydrogens (tertiary/aromatic N) is 3. The van der Waals surface area contributed by atoms with Gasteiger partial charge in [-0.1, -0.05) is 6.92 Å². The monoisotopic (exact) mass is 246 g/mol. The largest absolute Gasteiger partial charge is 0.313 e. The van der Waals surface area contributed by atoms with Gasteiger partial charge in [0.15, 0.2) is 15.7 Å². The first-order valence-electron chi connectivity index (χ1n) is 5.30. The molecule has 1 aromatic rings. The third-order valence-electron chi connectivity index (χ3n) is 2.07. The zero-order valence-electron chi connectivity index (χ0n) is 9.68. The molecule has 0 radical (unpaired) electrons. The van der Waals surface area contributed by atoms with Crippen LogP contribution in [0, 0.1) is 0 Å². The first-order valence-corrected chi connectivity index (χ1v) is 7.13. The van der Waals surface area contributed by atoms with E-state index >= 15 is 0 Å². The highest BCUT2D eigenvalue weighted by Gasteiger charge is 2.10. The molecule has 0 aliphatic heterocycles. The third kappa shape index (κ3) is 4.28. The van der Waals surface area contributed by atoms with Crippen LogP contribution >= 0.6 is 0 Å². The Hall–Kier alpha value is -0.950. The minimum Gasteiger partial charge on any atom is -0.313 e. The van der Waals surface area contributed by atoms with Crippen LogP contribution in [0.4, 0.5) is 0 Å².